The van der Waals surface area contributed by atoms with Crippen molar-refractivity contribution in [3.05, 3.63) is 65.2 Å². The lowest BCUT2D eigenvalue weighted by Crippen LogP contribution is -2.30. The minimum atomic E-state index is -1.24. The average molecular weight is 330 g/mol. The Hall–Kier alpha value is -3.27. The van der Waals surface area contributed by atoms with Crippen LogP contribution >= 0.6 is 0 Å². The summed E-state index contributed by atoms with van der Waals surface area (Å²) in [7, 11) is 0. The van der Waals surface area contributed by atoms with E-state index in [2.05, 4.69) is 5.32 Å². The van der Waals surface area contributed by atoms with Gasteiger partial charge in [-0.3, -0.25) is 4.79 Å². The number of anilines is 1. The van der Waals surface area contributed by atoms with Crippen molar-refractivity contribution in [1.29, 1.82) is 5.26 Å². The molecule has 1 amide bonds. The zero-order valence-corrected chi connectivity index (χ0v) is 12.5. The first-order chi connectivity index (χ1) is 11.4. The molecule has 2 aromatic rings. The van der Waals surface area contributed by atoms with Crippen LogP contribution in [0.25, 0.3) is 0 Å². The van der Waals surface area contributed by atoms with Gasteiger partial charge in [0.05, 0.1) is 16.8 Å². The number of benzene rings is 2. The van der Waals surface area contributed by atoms with E-state index in [0.717, 1.165) is 12.1 Å². The standard InChI is InChI=1S/C17H12F2N2O3/c1-10(16(22)21-15-5-3-2-4-11(15)9-20)24-17(23)13-7-6-12(18)8-14(13)19/h2-8,10H,1H3,(H,21,22)/t10-/m1/s1. The molecule has 0 radical (unpaired) electrons. The molecule has 1 N–H and O–H groups in total. The molecule has 5 nitrogen and oxygen atoms in total. The van der Waals surface area contributed by atoms with Gasteiger partial charge in [-0.2, -0.15) is 5.26 Å². The van der Waals surface area contributed by atoms with Gasteiger partial charge >= 0.3 is 5.97 Å². The molecule has 0 aliphatic carbocycles. The number of nitrogens with zero attached hydrogens (tertiary/aromatic N) is 1. The Balaban J connectivity index is 2.06. The first kappa shape index (κ1) is 17.1. The zero-order chi connectivity index (χ0) is 17.7. The fraction of sp³-hybridized carbons (Fsp3) is 0.118. The summed E-state index contributed by atoms with van der Waals surface area (Å²) in [6, 6.07) is 10.6. The molecule has 1 atom stereocenters. The van der Waals surface area contributed by atoms with Crippen LogP contribution in [0.1, 0.15) is 22.8 Å². The highest BCUT2D eigenvalue weighted by molar-refractivity contribution is 5.98. The van der Waals surface area contributed by atoms with Gasteiger partial charge in [0, 0.05) is 6.07 Å². The molecule has 0 aliphatic rings. The SMILES string of the molecule is C[C@@H](OC(=O)c1ccc(F)cc1F)C(=O)Nc1ccccc1C#N. The molecule has 2 aromatic carbocycles. The van der Waals surface area contributed by atoms with Crippen LogP contribution in [-0.2, 0) is 9.53 Å². The second-order valence-electron chi connectivity index (χ2n) is 4.82. The van der Waals surface area contributed by atoms with Crippen molar-refractivity contribution in [3.8, 4) is 6.07 Å². The predicted molar refractivity (Wildman–Crippen MR) is 81.0 cm³/mol. The smallest absolute Gasteiger partial charge is 0.341 e. The van der Waals surface area contributed by atoms with Gasteiger partial charge in [0.15, 0.2) is 6.10 Å². The predicted octanol–water partition coefficient (Wildman–Crippen LogP) is 3.02. The Bertz CT molecular complexity index is 831. The Kier molecular flexibility index (Phi) is 5.22. The summed E-state index contributed by atoms with van der Waals surface area (Å²) in [5.74, 6) is -3.69. The van der Waals surface area contributed by atoms with Crippen molar-refractivity contribution in [3.63, 3.8) is 0 Å². The van der Waals surface area contributed by atoms with Crippen LogP contribution in [0, 0.1) is 23.0 Å². The second kappa shape index (κ2) is 7.33. The van der Waals surface area contributed by atoms with Crippen LogP contribution in [0.5, 0.6) is 0 Å². The highest BCUT2D eigenvalue weighted by Gasteiger charge is 2.22. The molecule has 2 rings (SSSR count). The summed E-state index contributed by atoms with van der Waals surface area (Å²) in [5.41, 5.74) is 0.0308. The number of nitriles is 1. The van der Waals surface area contributed by atoms with Crippen LogP contribution in [0.2, 0.25) is 0 Å². The number of esters is 1. The van der Waals surface area contributed by atoms with Gasteiger partial charge in [0.1, 0.15) is 17.7 Å². The minimum Gasteiger partial charge on any atom is -0.449 e. The van der Waals surface area contributed by atoms with E-state index in [-0.39, 0.29) is 11.3 Å². The quantitative estimate of drug-likeness (QED) is 0.874. The lowest BCUT2D eigenvalue weighted by atomic mass is 10.2. The van der Waals surface area contributed by atoms with Crippen molar-refractivity contribution in [1.82, 2.24) is 0 Å². The van der Waals surface area contributed by atoms with Crippen molar-refractivity contribution < 1.29 is 23.1 Å². The molecular formula is C17H12F2N2O3. The number of ether oxygens (including phenoxy) is 1. The third-order valence-corrected chi connectivity index (χ3v) is 3.11. The molecule has 0 fully saturated rings. The monoisotopic (exact) mass is 330 g/mol. The van der Waals surface area contributed by atoms with Crippen molar-refractivity contribution in [2.24, 2.45) is 0 Å². The number of rotatable bonds is 4. The molecule has 24 heavy (non-hydrogen) atoms. The lowest BCUT2D eigenvalue weighted by Gasteiger charge is -2.14. The number of carbonyl (C=O) groups is 2. The number of nitrogens with one attached hydrogen (secondary N) is 1. The second-order valence-corrected chi connectivity index (χ2v) is 4.82. The Labute approximate surface area is 136 Å². The van der Waals surface area contributed by atoms with E-state index in [1.807, 2.05) is 6.07 Å². The molecule has 0 aromatic heterocycles. The molecule has 0 bridgehead atoms. The average Bonchev–Trinajstić information content (AvgIpc) is 2.55. The van der Waals surface area contributed by atoms with Gasteiger partial charge in [-0.1, -0.05) is 12.1 Å². The van der Waals surface area contributed by atoms with E-state index in [0.29, 0.717) is 6.07 Å². The highest BCUT2D eigenvalue weighted by atomic mass is 19.1. The number of hydrogen-bond donors (Lipinski definition) is 1. The third kappa shape index (κ3) is 3.93. The van der Waals surface area contributed by atoms with Gasteiger partial charge in [-0.05, 0) is 31.2 Å². The van der Waals surface area contributed by atoms with Crippen LogP contribution < -0.4 is 5.32 Å². The fourth-order valence-electron chi connectivity index (χ4n) is 1.86. The number of hydrogen-bond acceptors (Lipinski definition) is 4. The largest absolute Gasteiger partial charge is 0.449 e. The van der Waals surface area contributed by atoms with Gasteiger partial charge in [-0.15, -0.1) is 0 Å². The molecule has 0 unspecified atom stereocenters. The molecule has 0 spiro atoms. The fourth-order valence-corrected chi connectivity index (χ4v) is 1.86. The number of para-hydroxylation sites is 1. The molecule has 7 heteroatoms. The molecule has 0 aliphatic heterocycles. The maximum atomic E-state index is 13.5. The van der Waals surface area contributed by atoms with E-state index < -0.39 is 35.2 Å². The molecule has 0 saturated heterocycles. The highest BCUT2D eigenvalue weighted by Crippen LogP contribution is 2.15. The van der Waals surface area contributed by atoms with Crippen molar-refractivity contribution in [2.45, 2.75) is 13.0 Å². The van der Waals surface area contributed by atoms with Crippen LogP contribution in [-0.4, -0.2) is 18.0 Å². The summed E-state index contributed by atoms with van der Waals surface area (Å²) >= 11 is 0. The van der Waals surface area contributed by atoms with E-state index in [1.54, 1.807) is 12.1 Å². The summed E-state index contributed by atoms with van der Waals surface area (Å²) in [4.78, 5) is 23.9. The van der Waals surface area contributed by atoms with E-state index in [1.165, 1.54) is 19.1 Å². The topological polar surface area (TPSA) is 79.2 Å². The summed E-state index contributed by atoms with van der Waals surface area (Å²) < 4.78 is 31.2. The number of carbonyl (C=O) groups excluding carboxylic acids is 2. The Morgan fingerprint density at radius 1 is 1.21 bits per heavy atom. The minimum absolute atomic E-state index is 0.244. The summed E-state index contributed by atoms with van der Waals surface area (Å²) in [6.07, 6.45) is -1.24. The zero-order valence-electron chi connectivity index (χ0n) is 12.5. The third-order valence-electron chi connectivity index (χ3n) is 3.11. The maximum absolute atomic E-state index is 13.5. The summed E-state index contributed by atoms with van der Waals surface area (Å²) in [5, 5.41) is 11.4. The lowest BCUT2D eigenvalue weighted by molar-refractivity contribution is -0.123. The first-order valence-corrected chi connectivity index (χ1v) is 6.88. The van der Waals surface area contributed by atoms with Crippen LogP contribution in [0.3, 0.4) is 0 Å². The maximum Gasteiger partial charge on any atom is 0.341 e. The Morgan fingerprint density at radius 3 is 2.58 bits per heavy atom. The van der Waals surface area contributed by atoms with Gasteiger partial charge in [-0.25, -0.2) is 13.6 Å². The van der Waals surface area contributed by atoms with E-state index >= 15 is 0 Å². The number of amides is 1. The molecule has 0 saturated carbocycles. The first-order valence-electron chi connectivity index (χ1n) is 6.88. The molecule has 122 valence electrons. The molecule has 0 heterocycles. The van der Waals surface area contributed by atoms with Gasteiger partial charge in [0.2, 0.25) is 0 Å². The van der Waals surface area contributed by atoms with Crippen molar-refractivity contribution in [2.75, 3.05) is 5.32 Å². The Morgan fingerprint density at radius 2 is 1.92 bits per heavy atom. The van der Waals surface area contributed by atoms with Gasteiger partial charge in [0.25, 0.3) is 5.91 Å². The number of halogens is 2. The normalized spacial score (nSPS) is 11.2. The van der Waals surface area contributed by atoms with E-state index in [4.69, 9.17) is 10.00 Å². The molecular weight excluding hydrogens is 318 g/mol. The van der Waals surface area contributed by atoms with Crippen molar-refractivity contribution >= 4 is 17.6 Å². The summed E-state index contributed by atoms with van der Waals surface area (Å²) in [6.45, 7) is 1.30. The van der Waals surface area contributed by atoms with E-state index in [9.17, 15) is 18.4 Å². The van der Waals surface area contributed by atoms with Gasteiger partial charge < -0.3 is 10.1 Å². The van der Waals surface area contributed by atoms with Crippen LogP contribution in [0.4, 0.5) is 14.5 Å². The van der Waals surface area contributed by atoms with Crippen LogP contribution in [0.15, 0.2) is 42.5 Å².